The molecular formula is C26H36O4. The summed E-state index contributed by atoms with van der Waals surface area (Å²) in [5.74, 6) is 1.36. The molecule has 5 atom stereocenters. The van der Waals surface area contributed by atoms with E-state index in [2.05, 4.69) is 39.8 Å². The average Bonchev–Trinajstić information content (AvgIpc) is 2.93. The van der Waals surface area contributed by atoms with Gasteiger partial charge in [-0.25, -0.2) is 0 Å². The van der Waals surface area contributed by atoms with Crippen LogP contribution in [0.4, 0.5) is 0 Å². The van der Waals surface area contributed by atoms with E-state index in [1.165, 1.54) is 12.0 Å². The van der Waals surface area contributed by atoms with Crippen LogP contribution in [0.15, 0.2) is 34.8 Å². The number of rotatable bonds is 3. The monoisotopic (exact) mass is 412 g/mol. The summed E-state index contributed by atoms with van der Waals surface area (Å²) in [6.45, 7) is 12.4. The lowest BCUT2D eigenvalue weighted by molar-refractivity contribution is -0.166. The number of carbonyl (C=O) groups is 2. The van der Waals surface area contributed by atoms with E-state index in [4.69, 9.17) is 9.47 Å². The zero-order valence-corrected chi connectivity index (χ0v) is 19.3. The third-order valence-corrected chi connectivity index (χ3v) is 8.51. The highest BCUT2D eigenvalue weighted by Crippen LogP contribution is 2.62. The van der Waals surface area contributed by atoms with Gasteiger partial charge in [0.2, 0.25) is 11.5 Å². The lowest BCUT2D eigenvalue weighted by Crippen LogP contribution is -2.53. The minimum Gasteiger partial charge on any atom is -0.483 e. The fourth-order valence-electron chi connectivity index (χ4n) is 6.65. The number of allylic oxidation sites excluding steroid dienone is 5. The maximum atomic E-state index is 13.5. The Hall–Kier alpha value is -1.84. The molecule has 4 rings (SSSR count). The van der Waals surface area contributed by atoms with Crippen LogP contribution in [0.1, 0.15) is 80.1 Å². The molecule has 164 valence electrons. The van der Waals surface area contributed by atoms with Crippen molar-refractivity contribution in [3.8, 4) is 0 Å². The van der Waals surface area contributed by atoms with Crippen LogP contribution in [0.2, 0.25) is 0 Å². The van der Waals surface area contributed by atoms with Gasteiger partial charge in [-0.1, -0.05) is 44.9 Å². The number of hydrogen-bond acceptors (Lipinski definition) is 4. The summed E-state index contributed by atoms with van der Waals surface area (Å²) in [6, 6.07) is 0. The molecule has 0 aromatic carbocycles. The maximum Gasteiger partial charge on any atom is 0.317 e. The first-order valence-electron chi connectivity index (χ1n) is 11.6. The van der Waals surface area contributed by atoms with Gasteiger partial charge in [0.25, 0.3) is 0 Å². The second kappa shape index (κ2) is 7.39. The molecule has 1 heterocycles. The number of ether oxygens (including phenoxy) is 2. The molecule has 3 aliphatic carbocycles. The molecule has 0 amide bonds. The van der Waals surface area contributed by atoms with Gasteiger partial charge in [0.05, 0.1) is 5.41 Å². The van der Waals surface area contributed by atoms with Gasteiger partial charge < -0.3 is 9.47 Å². The van der Waals surface area contributed by atoms with Crippen LogP contribution in [0.25, 0.3) is 0 Å². The molecule has 0 bridgehead atoms. The molecule has 0 radical (unpaired) electrons. The zero-order valence-electron chi connectivity index (χ0n) is 19.3. The molecule has 1 aliphatic heterocycles. The minimum atomic E-state index is -0.587. The van der Waals surface area contributed by atoms with E-state index >= 15 is 0 Å². The smallest absolute Gasteiger partial charge is 0.317 e. The molecule has 0 aromatic heterocycles. The van der Waals surface area contributed by atoms with Crippen LogP contribution in [0, 0.1) is 28.6 Å². The predicted octanol–water partition coefficient (Wildman–Crippen LogP) is 5.88. The summed E-state index contributed by atoms with van der Waals surface area (Å²) >= 11 is 0. The van der Waals surface area contributed by atoms with Crippen molar-refractivity contribution >= 4 is 11.8 Å². The Morgan fingerprint density at radius 2 is 2.00 bits per heavy atom. The van der Waals surface area contributed by atoms with Crippen LogP contribution < -0.4 is 0 Å². The van der Waals surface area contributed by atoms with Gasteiger partial charge in [-0.05, 0) is 81.6 Å². The summed E-state index contributed by atoms with van der Waals surface area (Å²) in [5.41, 5.74) is 2.53. The van der Waals surface area contributed by atoms with Crippen molar-refractivity contribution in [3.05, 3.63) is 34.8 Å². The van der Waals surface area contributed by atoms with Gasteiger partial charge in [-0.2, -0.15) is 0 Å². The quantitative estimate of drug-likeness (QED) is 0.543. The van der Waals surface area contributed by atoms with E-state index in [1.54, 1.807) is 19.4 Å². The Morgan fingerprint density at radius 3 is 2.63 bits per heavy atom. The van der Waals surface area contributed by atoms with Crippen LogP contribution >= 0.6 is 0 Å². The molecule has 4 aliphatic rings. The van der Waals surface area contributed by atoms with Crippen LogP contribution in [-0.2, 0) is 19.1 Å². The number of carbonyl (C=O) groups excluding carboxylic acids is 2. The highest BCUT2D eigenvalue weighted by molar-refractivity contribution is 6.01. The van der Waals surface area contributed by atoms with E-state index in [0.29, 0.717) is 17.6 Å². The Balaban J connectivity index is 1.63. The fraction of sp³-hybridized carbons (Fsp3) is 0.692. The molecule has 1 saturated carbocycles. The number of Topliss-reactive ketones (excluding diaryl/α,β-unsaturated/α-hetero) is 1. The van der Waals surface area contributed by atoms with Crippen molar-refractivity contribution in [2.45, 2.75) is 86.2 Å². The number of fused-ring (bicyclic) bond motifs is 3. The predicted molar refractivity (Wildman–Crippen MR) is 116 cm³/mol. The lowest BCUT2D eigenvalue weighted by Gasteiger charge is -2.57. The van der Waals surface area contributed by atoms with E-state index in [0.717, 1.165) is 32.1 Å². The maximum absolute atomic E-state index is 13.5. The molecule has 30 heavy (non-hydrogen) atoms. The van der Waals surface area contributed by atoms with Gasteiger partial charge in [0.15, 0.2) is 6.10 Å². The second-order valence-electron chi connectivity index (χ2n) is 10.6. The van der Waals surface area contributed by atoms with Crippen molar-refractivity contribution in [3.63, 3.8) is 0 Å². The Labute approximate surface area is 180 Å². The normalized spacial score (nSPS) is 38.5. The SMILES string of the molecule is CC1=C(OC(=O)C2(C)CCCC3(C)C4CCC(C(C)C)=CC4=CCC23)C(=O)C(C)O1. The van der Waals surface area contributed by atoms with E-state index in [1.807, 2.05) is 0 Å². The number of esters is 1. The first-order valence-corrected chi connectivity index (χ1v) is 11.6. The van der Waals surface area contributed by atoms with E-state index in [-0.39, 0.29) is 28.8 Å². The highest BCUT2D eigenvalue weighted by atomic mass is 16.6. The Bertz CT molecular complexity index is 860. The Kier molecular flexibility index (Phi) is 5.27. The fourth-order valence-corrected chi connectivity index (χ4v) is 6.65. The minimum absolute atomic E-state index is 0.0853. The zero-order chi connectivity index (χ0) is 21.8. The summed E-state index contributed by atoms with van der Waals surface area (Å²) in [7, 11) is 0. The van der Waals surface area contributed by atoms with Crippen molar-refractivity contribution in [1.29, 1.82) is 0 Å². The topological polar surface area (TPSA) is 52.6 Å². The van der Waals surface area contributed by atoms with Gasteiger partial charge in [0, 0.05) is 0 Å². The molecular weight excluding hydrogens is 376 g/mol. The molecule has 4 heteroatoms. The van der Waals surface area contributed by atoms with Crippen molar-refractivity contribution in [2.24, 2.45) is 28.6 Å². The third-order valence-electron chi connectivity index (χ3n) is 8.51. The van der Waals surface area contributed by atoms with Crippen LogP contribution in [0.3, 0.4) is 0 Å². The third kappa shape index (κ3) is 3.18. The standard InChI is InChI=1S/C26H36O4/c1-15(2)18-8-10-20-19(14-18)9-11-21-25(20,5)12-7-13-26(21,6)24(28)30-23-17(4)29-16(3)22(23)27/h9,14-16,20-21H,7-8,10-13H2,1-6H3. The first-order chi connectivity index (χ1) is 14.1. The summed E-state index contributed by atoms with van der Waals surface area (Å²) in [5, 5.41) is 0. The highest BCUT2D eigenvalue weighted by Gasteiger charge is 2.58. The Morgan fingerprint density at radius 1 is 1.27 bits per heavy atom. The van der Waals surface area contributed by atoms with Gasteiger partial charge in [-0.3, -0.25) is 9.59 Å². The van der Waals surface area contributed by atoms with Crippen molar-refractivity contribution in [1.82, 2.24) is 0 Å². The lowest BCUT2D eigenvalue weighted by atomic mass is 9.47. The summed E-state index contributed by atoms with van der Waals surface area (Å²) in [4.78, 5) is 25.9. The van der Waals surface area contributed by atoms with Gasteiger partial charge in [0.1, 0.15) is 5.76 Å². The number of hydrogen-bond donors (Lipinski definition) is 0. The van der Waals surface area contributed by atoms with Gasteiger partial charge in [-0.15, -0.1) is 0 Å². The van der Waals surface area contributed by atoms with Crippen LogP contribution in [-0.4, -0.2) is 17.9 Å². The molecule has 4 nitrogen and oxygen atoms in total. The van der Waals surface area contributed by atoms with E-state index in [9.17, 15) is 9.59 Å². The van der Waals surface area contributed by atoms with Crippen molar-refractivity contribution < 1.29 is 19.1 Å². The first kappa shape index (κ1) is 21.4. The summed E-state index contributed by atoms with van der Waals surface area (Å²) < 4.78 is 11.2. The molecule has 0 N–H and O–H groups in total. The van der Waals surface area contributed by atoms with Gasteiger partial charge >= 0.3 is 5.97 Å². The van der Waals surface area contributed by atoms with Crippen molar-refractivity contribution in [2.75, 3.05) is 0 Å². The van der Waals surface area contributed by atoms with E-state index < -0.39 is 11.5 Å². The van der Waals surface area contributed by atoms with Crippen LogP contribution in [0.5, 0.6) is 0 Å². The molecule has 1 fully saturated rings. The molecule has 5 unspecified atom stereocenters. The summed E-state index contributed by atoms with van der Waals surface area (Å²) in [6.07, 6.45) is 10.4. The molecule has 0 aromatic rings. The average molecular weight is 413 g/mol. The molecule has 0 saturated heterocycles. The number of ketones is 1. The second-order valence-corrected chi connectivity index (χ2v) is 10.6. The molecule has 0 spiro atoms. The largest absolute Gasteiger partial charge is 0.483 e.